The average Bonchev–Trinajstić information content (AvgIpc) is 2.99. The van der Waals surface area contributed by atoms with Gasteiger partial charge in [-0.25, -0.2) is 8.42 Å². The van der Waals surface area contributed by atoms with E-state index in [9.17, 15) is 18.0 Å². The lowest BCUT2D eigenvalue weighted by Gasteiger charge is -2.34. The highest BCUT2D eigenvalue weighted by Gasteiger charge is 2.35. The minimum absolute atomic E-state index is 0.00635. The van der Waals surface area contributed by atoms with Crippen LogP contribution in [0.25, 0.3) is 0 Å². The molecule has 1 N–H and O–H groups in total. The van der Waals surface area contributed by atoms with Crippen LogP contribution in [0, 0.1) is 6.92 Å². The van der Waals surface area contributed by atoms with Gasteiger partial charge in [0, 0.05) is 24.0 Å². The van der Waals surface area contributed by atoms with Crippen molar-refractivity contribution in [2.24, 2.45) is 0 Å². The molecule has 10 heteroatoms. The quantitative estimate of drug-likeness (QED) is 0.186. The fourth-order valence-corrected chi connectivity index (χ4v) is 6.67. The molecule has 4 aromatic rings. The number of halogens is 2. The number of nitrogens with one attached hydrogen (secondary N) is 1. The van der Waals surface area contributed by atoms with Gasteiger partial charge >= 0.3 is 0 Å². The Morgan fingerprint density at radius 3 is 2.00 bits per heavy atom. The normalized spacial score (nSPS) is 12.0. The SMILES string of the molecule is Cc1ccc(S(=O)(=O)N(CC(=O)N(Cc2ccccc2Cl)[C@H](Cc2ccccc2)C(=O)NC(C)C)c2ccccc2Cl)cc1. The van der Waals surface area contributed by atoms with Crippen LogP contribution in [-0.2, 0) is 32.6 Å². The molecule has 0 aliphatic rings. The van der Waals surface area contributed by atoms with Crippen LogP contribution in [0.1, 0.15) is 30.5 Å². The van der Waals surface area contributed by atoms with Crippen LogP contribution in [0.3, 0.4) is 0 Å². The Morgan fingerprint density at radius 1 is 0.795 bits per heavy atom. The van der Waals surface area contributed by atoms with Crippen LogP contribution in [-0.4, -0.2) is 43.8 Å². The molecule has 0 heterocycles. The Labute approximate surface area is 269 Å². The highest BCUT2D eigenvalue weighted by Crippen LogP contribution is 2.31. The molecular formula is C34H35Cl2N3O4S. The lowest BCUT2D eigenvalue weighted by atomic mass is 10.0. The van der Waals surface area contributed by atoms with Gasteiger partial charge in [-0.1, -0.05) is 102 Å². The molecule has 0 unspecified atom stereocenters. The first-order chi connectivity index (χ1) is 21.0. The van der Waals surface area contributed by atoms with Gasteiger partial charge in [-0.3, -0.25) is 13.9 Å². The number of aryl methyl sites for hydroxylation is 1. The molecule has 7 nitrogen and oxygen atoms in total. The molecule has 4 aromatic carbocycles. The maximum Gasteiger partial charge on any atom is 0.264 e. The second kappa shape index (κ2) is 14.8. The molecule has 0 aliphatic heterocycles. The molecule has 0 aliphatic carbocycles. The number of carbonyl (C=O) groups is 2. The molecule has 0 radical (unpaired) electrons. The highest BCUT2D eigenvalue weighted by molar-refractivity contribution is 7.92. The van der Waals surface area contributed by atoms with Gasteiger partial charge in [0.15, 0.2) is 0 Å². The maximum absolute atomic E-state index is 14.5. The number of nitrogens with zero attached hydrogens (tertiary/aromatic N) is 2. The summed E-state index contributed by atoms with van der Waals surface area (Å²) in [4.78, 5) is 29.6. The number of sulfonamides is 1. The Balaban J connectivity index is 1.82. The van der Waals surface area contributed by atoms with Gasteiger partial charge in [0.1, 0.15) is 12.6 Å². The summed E-state index contributed by atoms with van der Waals surface area (Å²) >= 11 is 13.0. The number of hydrogen-bond donors (Lipinski definition) is 1. The van der Waals surface area contributed by atoms with Gasteiger partial charge in [-0.05, 0) is 62.2 Å². The van der Waals surface area contributed by atoms with Gasteiger partial charge in [0.25, 0.3) is 10.0 Å². The Kier molecular flexibility index (Phi) is 11.1. The third-order valence-electron chi connectivity index (χ3n) is 7.01. The summed E-state index contributed by atoms with van der Waals surface area (Å²) < 4.78 is 29.2. The predicted molar refractivity (Wildman–Crippen MR) is 176 cm³/mol. The zero-order chi connectivity index (χ0) is 31.9. The minimum atomic E-state index is -4.25. The van der Waals surface area contributed by atoms with Crippen molar-refractivity contribution in [3.8, 4) is 0 Å². The predicted octanol–water partition coefficient (Wildman–Crippen LogP) is 6.66. The van der Waals surface area contributed by atoms with Crippen LogP contribution in [0.5, 0.6) is 0 Å². The Bertz CT molecular complexity index is 1700. The number of carbonyl (C=O) groups excluding carboxylic acids is 2. The van der Waals surface area contributed by atoms with E-state index in [1.165, 1.54) is 17.0 Å². The van der Waals surface area contributed by atoms with E-state index in [0.717, 1.165) is 15.4 Å². The first-order valence-electron chi connectivity index (χ1n) is 14.2. The third kappa shape index (κ3) is 8.20. The molecule has 0 bridgehead atoms. The van der Waals surface area contributed by atoms with Crippen LogP contribution < -0.4 is 9.62 Å². The summed E-state index contributed by atoms with van der Waals surface area (Å²) in [6.45, 7) is 4.90. The van der Waals surface area contributed by atoms with E-state index in [1.807, 2.05) is 51.1 Å². The van der Waals surface area contributed by atoms with Crippen molar-refractivity contribution >= 4 is 50.7 Å². The molecule has 44 heavy (non-hydrogen) atoms. The third-order valence-corrected chi connectivity index (χ3v) is 9.47. The van der Waals surface area contributed by atoms with E-state index in [4.69, 9.17) is 23.2 Å². The number of hydrogen-bond acceptors (Lipinski definition) is 4. The van der Waals surface area contributed by atoms with Crippen molar-refractivity contribution in [3.63, 3.8) is 0 Å². The van der Waals surface area contributed by atoms with Crippen molar-refractivity contribution < 1.29 is 18.0 Å². The van der Waals surface area contributed by atoms with Gasteiger partial charge in [-0.2, -0.15) is 0 Å². The Morgan fingerprint density at radius 2 is 1.39 bits per heavy atom. The smallest absolute Gasteiger partial charge is 0.264 e. The molecule has 0 fully saturated rings. The van der Waals surface area contributed by atoms with Crippen LogP contribution in [0.15, 0.2) is 108 Å². The summed E-state index contributed by atoms with van der Waals surface area (Å²) in [7, 11) is -4.25. The number of para-hydroxylation sites is 1. The second-order valence-corrected chi connectivity index (χ2v) is 13.4. The van der Waals surface area contributed by atoms with Gasteiger partial charge in [0.05, 0.1) is 15.6 Å². The highest BCUT2D eigenvalue weighted by atomic mass is 35.5. The van der Waals surface area contributed by atoms with E-state index in [1.54, 1.807) is 60.7 Å². The first-order valence-corrected chi connectivity index (χ1v) is 16.4. The standard InChI is InChI=1S/C34H35Cl2N3O4S/c1-24(2)37-34(41)32(21-26-11-5-4-6-12-26)38(22-27-13-7-8-14-29(27)35)33(40)23-39(31-16-10-9-15-30(31)36)44(42,43)28-19-17-25(3)18-20-28/h4-20,24,32H,21-23H2,1-3H3,(H,37,41)/t32-/m1/s1. The van der Waals surface area contributed by atoms with Gasteiger partial charge in [-0.15, -0.1) is 0 Å². The molecule has 1 atom stereocenters. The van der Waals surface area contributed by atoms with Crippen molar-refractivity contribution in [2.45, 2.75) is 50.7 Å². The topological polar surface area (TPSA) is 86.8 Å². The Hall–Kier alpha value is -3.85. The van der Waals surface area contributed by atoms with Crippen molar-refractivity contribution in [2.75, 3.05) is 10.8 Å². The van der Waals surface area contributed by atoms with Crippen LogP contribution in [0.4, 0.5) is 5.69 Å². The largest absolute Gasteiger partial charge is 0.352 e. The van der Waals surface area contributed by atoms with Gasteiger partial charge < -0.3 is 10.2 Å². The summed E-state index contributed by atoms with van der Waals surface area (Å²) in [5.41, 5.74) is 2.48. The molecular weight excluding hydrogens is 617 g/mol. The summed E-state index contributed by atoms with van der Waals surface area (Å²) in [6.07, 6.45) is 0.201. The summed E-state index contributed by atoms with van der Waals surface area (Å²) in [5.74, 6) is -0.963. The van der Waals surface area contributed by atoms with Crippen molar-refractivity contribution in [3.05, 3.63) is 130 Å². The number of amides is 2. The number of anilines is 1. The van der Waals surface area contributed by atoms with E-state index in [0.29, 0.717) is 10.6 Å². The van der Waals surface area contributed by atoms with E-state index < -0.39 is 28.5 Å². The summed E-state index contributed by atoms with van der Waals surface area (Å²) in [6, 6.07) is 28.1. The number of rotatable bonds is 12. The van der Waals surface area contributed by atoms with Crippen LogP contribution >= 0.6 is 23.2 Å². The second-order valence-electron chi connectivity index (χ2n) is 10.8. The maximum atomic E-state index is 14.5. The minimum Gasteiger partial charge on any atom is -0.352 e. The summed E-state index contributed by atoms with van der Waals surface area (Å²) in [5, 5.41) is 3.51. The molecule has 0 spiro atoms. The zero-order valence-electron chi connectivity index (χ0n) is 24.8. The fourth-order valence-electron chi connectivity index (χ4n) is 4.75. The number of benzene rings is 4. The monoisotopic (exact) mass is 651 g/mol. The molecule has 4 rings (SSSR count). The fraction of sp³-hybridized carbons (Fsp3) is 0.235. The lowest BCUT2D eigenvalue weighted by molar-refractivity contribution is -0.140. The molecule has 0 saturated heterocycles. The van der Waals surface area contributed by atoms with E-state index in [2.05, 4.69) is 5.32 Å². The zero-order valence-corrected chi connectivity index (χ0v) is 27.1. The average molecular weight is 653 g/mol. The molecule has 230 valence electrons. The van der Waals surface area contributed by atoms with Crippen LogP contribution in [0.2, 0.25) is 10.0 Å². The van der Waals surface area contributed by atoms with E-state index in [-0.39, 0.29) is 40.5 Å². The molecule has 2 amide bonds. The lowest BCUT2D eigenvalue weighted by Crippen LogP contribution is -2.54. The van der Waals surface area contributed by atoms with Gasteiger partial charge in [0.2, 0.25) is 11.8 Å². The van der Waals surface area contributed by atoms with E-state index >= 15 is 0 Å². The van der Waals surface area contributed by atoms with Crippen molar-refractivity contribution in [1.82, 2.24) is 10.2 Å². The first kappa shape index (κ1) is 33.1. The molecule has 0 aromatic heterocycles. The molecule has 0 saturated carbocycles. The van der Waals surface area contributed by atoms with Crippen molar-refractivity contribution in [1.29, 1.82) is 0 Å².